The Hall–Kier alpha value is -4.22. The minimum Gasteiger partial charge on any atom is -0.348 e. The first kappa shape index (κ1) is 24.9. The van der Waals surface area contributed by atoms with E-state index in [1.807, 2.05) is 36.4 Å². The Labute approximate surface area is 214 Å². The molecule has 0 saturated carbocycles. The minimum absolute atomic E-state index is 0. The van der Waals surface area contributed by atoms with Crippen LogP contribution in [0, 0.1) is 17.1 Å². The number of carbonyl (C=O) groups is 1. The van der Waals surface area contributed by atoms with Crippen molar-refractivity contribution in [1.29, 1.82) is 5.26 Å². The third kappa shape index (κ3) is 4.92. The molecular weight excluding hydrogens is 479 g/mol. The fourth-order valence-electron chi connectivity index (χ4n) is 4.41. The lowest BCUT2D eigenvalue weighted by molar-refractivity contribution is 0.200. The highest BCUT2D eigenvalue weighted by molar-refractivity contribution is 6.00. The van der Waals surface area contributed by atoms with Gasteiger partial charge in [0.05, 0.1) is 11.6 Å². The van der Waals surface area contributed by atoms with Gasteiger partial charge in [0.2, 0.25) is 0 Å². The summed E-state index contributed by atoms with van der Waals surface area (Å²) >= 11 is 0. The van der Waals surface area contributed by atoms with Crippen LogP contribution in [0.2, 0.25) is 0 Å². The lowest BCUT2D eigenvalue weighted by atomic mass is 10.0. The summed E-state index contributed by atoms with van der Waals surface area (Å²) < 4.78 is 13.1. The topological polar surface area (TPSA) is 85.2 Å². The van der Waals surface area contributed by atoms with Crippen molar-refractivity contribution in [2.45, 2.75) is 13.0 Å². The standard InChI is InChI=1S/C27H23FN6O.ClH/c1-18-17-33(27(35)30-22-12-10-21(28)11-13-22)14-15-34(18)26-24-5-3-2-4-23(24)25(31-32-26)20-8-6-19(16-29)7-9-20;/h2-13,18H,14-15,17H2,1H3,(H,30,35);1H. The normalized spacial score (nSPS) is 15.2. The monoisotopic (exact) mass is 502 g/mol. The van der Waals surface area contributed by atoms with Crippen molar-refractivity contribution in [3.8, 4) is 17.3 Å². The average molecular weight is 503 g/mol. The zero-order valence-corrected chi connectivity index (χ0v) is 20.4. The SMILES string of the molecule is CC1CN(C(=O)Nc2ccc(F)cc2)CCN1c1nnc(-c2ccc(C#N)cc2)c2ccccc12.Cl. The molecule has 36 heavy (non-hydrogen) atoms. The molecule has 0 aliphatic carbocycles. The van der Waals surface area contributed by atoms with Crippen LogP contribution in [0.4, 0.5) is 20.7 Å². The predicted octanol–water partition coefficient (Wildman–Crippen LogP) is 5.47. The molecule has 182 valence electrons. The summed E-state index contributed by atoms with van der Waals surface area (Å²) in [5.41, 5.74) is 2.81. The van der Waals surface area contributed by atoms with Gasteiger partial charge in [-0.1, -0.05) is 36.4 Å². The largest absolute Gasteiger partial charge is 0.348 e. The Bertz CT molecular complexity index is 1420. The Morgan fingerprint density at radius 3 is 2.36 bits per heavy atom. The number of amides is 2. The van der Waals surface area contributed by atoms with Gasteiger partial charge in [0, 0.05) is 47.7 Å². The maximum absolute atomic E-state index is 13.1. The molecule has 1 aromatic heterocycles. The summed E-state index contributed by atoms with van der Waals surface area (Å²) in [6.45, 7) is 3.69. The van der Waals surface area contributed by atoms with Crippen LogP contribution in [0.1, 0.15) is 12.5 Å². The van der Waals surface area contributed by atoms with Crippen molar-refractivity contribution < 1.29 is 9.18 Å². The number of halogens is 2. The molecule has 5 rings (SSSR count). The molecule has 0 radical (unpaired) electrons. The lowest BCUT2D eigenvalue weighted by Crippen LogP contribution is -2.55. The van der Waals surface area contributed by atoms with Gasteiger partial charge in [0.1, 0.15) is 11.5 Å². The summed E-state index contributed by atoms with van der Waals surface area (Å²) in [5.74, 6) is 0.438. The second-order valence-electron chi connectivity index (χ2n) is 8.53. The summed E-state index contributed by atoms with van der Waals surface area (Å²) in [7, 11) is 0. The number of aromatic nitrogens is 2. The van der Waals surface area contributed by atoms with Gasteiger partial charge in [-0.2, -0.15) is 5.26 Å². The molecule has 7 nitrogen and oxygen atoms in total. The molecule has 1 fully saturated rings. The van der Waals surface area contributed by atoms with Gasteiger partial charge in [-0.15, -0.1) is 22.6 Å². The first-order chi connectivity index (χ1) is 17.0. The van der Waals surface area contributed by atoms with E-state index in [0.717, 1.165) is 27.8 Å². The summed E-state index contributed by atoms with van der Waals surface area (Å²) in [5, 5.41) is 23.0. The van der Waals surface area contributed by atoms with E-state index >= 15 is 0 Å². The number of nitrogens with zero attached hydrogens (tertiary/aromatic N) is 5. The van der Waals surface area contributed by atoms with Crippen molar-refractivity contribution in [1.82, 2.24) is 15.1 Å². The Morgan fingerprint density at radius 2 is 1.69 bits per heavy atom. The van der Waals surface area contributed by atoms with Crippen molar-refractivity contribution >= 4 is 40.7 Å². The van der Waals surface area contributed by atoms with E-state index < -0.39 is 0 Å². The fraction of sp³-hybridized carbons (Fsp3) is 0.185. The molecule has 2 heterocycles. The van der Waals surface area contributed by atoms with Crippen LogP contribution < -0.4 is 10.2 Å². The van der Waals surface area contributed by atoms with E-state index in [1.54, 1.807) is 29.2 Å². The van der Waals surface area contributed by atoms with Crippen molar-refractivity contribution in [2.24, 2.45) is 0 Å². The van der Waals surface area contributed by atoms with Crippen LogP contribution in [0.3, 0.4) is 0 Å². The first-order valence-electron chi connectivity index (χ1n) is 11.4. The molecule has 1 unspecified atom stereocenters. The van der Waals surface area contributed by atoms with Crippen molar-refractivity contribution in [3.63, 3.8) is 0 Å². The quantitative estimate of drug-likeness (QED) is 0.401. The number of piperazine rings is 1. The van der Waals surface area contributed by atoms with Gasteiger partial charge in [-0.05, 0) is 43.3 Å². The second-order valence-corrected chi connectivity index (χ2v) is 8.53. The zero-order valence-electron chi connectivity index (χ0n) is 19.6. The maximum atomic E-state index is 13.1. The predicted molar refractivity (Wildman–Crippen MR) is 141 cm³/mol. The molecule has 9 heteroatoms. The van der Waals surface area contributed by atoms with Crippen LogP contribution in [-0.4, -0.2) is 46.8 Å². The van der Waals surface area contributed by atoms with Crippen LogP contribution in [-0.2, 0) is 0 Å². The van der Waals surface area contributed by atoms with Crippen LogP contribution in [0.5, 0.6) is 0 Å². The molecular formula is C27H24ClFN6O. The van der Waals surface area contributed by atoms with E-state index in [2.05, 4.69) is 33.4 Å². The number of carbonyl (C=O) groups excluding carboxylic acids is 1. The number of hydrogen-bond acceptors (Lipinski definition) is 5. The lowest BCUT2D eigenvalue weighted by Gasteiger charge is -2.40. The number of fused-ring (bicyclic) bond motifs is 1. The molecule has 1 aliphatic rings. The van der Waals surface area contributed by atoms with E-state index in [1.165, 1.54) is 12.1 Å². The maximum Gasteiger partial charge on any atom is 0.321 e. The van der Waals surface area contributed by atoms with E-state index in [0.29, 0.717) is 30.9 Å². The van der Waals surface area contributed by atoms with E-state index in [4.69, 9.17) is 5.26 Å². The number of nitrogens with one attached hydrogen (secondary N) is 1. The number of nitriles is 1. The number of rotatable bonds is 3. The molecule has 1 atom stereocenters. The zero-order chi connectivity index (χ0) is 24.4. The summed E-state index contributed by atoms with van der Waals surface area (Å²) in [6, 6.07) is 23.0. The highest BCUT2D eigenvalue weighted by Crippen LogP contribution is 2.33. The van der Waals surface area contributed by atoms with E-state index in [-0.39, 0.29) is 30.3 Å². The Morgan fingerprint density at radius 1 is 1.00 bits per heavy atom. The van der Waals surface area contributed by atoms with Gasteiger partial charge < -0.3 is 15.1 Å². The smallest absolute Gasteiger partial charge is 0.321 e. The van der Waals surface area contributed by atoms with Gasteiger partial charge in [-0.3, -0.25) is 0 Å². The summed E-state index contributed by atoms with van der Waals surface area (Å²) in [6.07, 6.45) is 0. The minimum atomic E-state index is -0.344. The third-order valence-electron chi connectivity index (χ3n) is 6.24. The molecule has 1 saturated heterocycles. The van der Waals surface area contributed by atoms with Gasteiger partial charge in [0.15, 0.2) is 5.82 Å². The first-order valence-corrected chi connectivity index (χ1v) is 11.4. The molecule has 0 spiro atoms. The Balaban J connectivity index is 0.00000304. The van der Waals surface area contributed by atoms with Gasteiger partial charge in [0.25, 0.3) is 0 Å². The molecule has 2 amide bonds. The Kier molecular flexibility index (Phi) is 7.32. The number of benzene rings is 3. The molecule has 1 aliphatic heterocycles. The van der Waals surface area contributed by atoms with Crippen LogP contribution in [0.25, 0.3) is 22.0 Å². The highest BCUT2D eigenvalue weighted by atomic mass is 35.5. The highest BCUT2D eigenvalue weighted by Gasteiger charge is 2.29. The van der Waals surface area contributed by atoms with Gasteiger partial charge >= 0.3 is 6.03 Å². The fourth-order valence-corrected chi connectivity index (χ4v) is 4.41. The third-order valence-corrected chi connectivity index (χ3v) is 6.24. The van der Waals surface area contributed by atoms with E-state index in [9.17, 15) is 9.18 Å². The molecule has 4 aromatic rings. The number of urea groups is 1. The molecule has 1 N–H and O–H groups in total. The van der Waals surface area contributed by atoms with Crippen LogP contribution in [0.15, 0.2) is 72.8 Å². The summed E-state index contributed by atoms with van der Waals surface area (Å²) in [4.78, 5) is 16.7. The van der Waals surface area contributed by atoms with Crippen molar-refractivity contribution in [2.75, 3.05) is 29.9 Å². The second kappa shape index (κ2) is 10.6. The number of hydrogen-bond donors (Lipinski definition) is 1. The van der Waals surface area contributed by atoms with Crippen LogP contribution >= 0.6 is 12.4 Å². The molecule has 0 bridgehead atoms. The molecule has 3 aromatic carbocycles. The van der Waals surface area contributed by atoms with Crippen molar-refractivity contribution in [3.05, 3.63) is 84.2 Å². The average Bonchev–Trinajstić information content (AvgIpc) is 2.89. The number of anilines is 2. The van der Waals surface area contributed by atoms with Gasteiger partial charge in [-0.25, -0.2) is 9.18 Å².